The van der Waals surface area contributed by atoms with Crippen LogP contribution in [0.15, 0.2) is 35.5 Å². The highest BCUT2D eigenvalue weighted by Gasteiger charge is 2.44. The number of Topliss-reactive ketones (excluding diaryl/α,β-unsaturated/α-hetero) is 1. The molecule has 2 heteroatoms. The zero-order valence-corrected chi connectivity index (χ0v) is 14.5. The highest BCUT2D eigenvalue weighted by atomic mass is 16.3. The van der Waals surface area contributed by atoms with E-state index >= 15 is 0 Å². The predicted octanol–water partition coefficient (Wildman–Crippen LogP) is 4.60. The van der Waals surface area contributed by atoms with E-state index in [0.29, 0.717) is 12.3 Å². The van der Waals surface area contributed by atoms with Gasteiger partial charge >= 0.3 is 0 Å². The Morgan fingerprint density at radius 3 is 2.73 bits per heavy atom. The van der Waals surface area contributed by atoms with Gasteiger partial charge in [-0.3, -0.25) is 4.79 Å². The smallest absolute Gasteiger partial charge is 0.162 e. The Hall–Kier alpha value is -1.15. The van der Waals surface area contributed by atoms with E-state index in [9.17, 15) is 9.90 Å². The highest BCUT2D eigenvalue weighted by molar-refractivity contribution is 5.97. The summed E-state index contributed by atoms with van der Waals surface area (Å²) in [4.78, 5) is 12.7. The number of hydrogen-bond donors (Lipinski definition) is 1. The van der Waals surface area contributed by atoms with Gasteiger partial charge in [-0.25, -0.2) is 0 Å². The molecule has 0 aromatic carbocycles. The van der Waals surface area contributed by atoms with Crippen molar-refractivity contribution in [2.75, 3.05) is 0 Å². The lowest BCUT2D eigenvalue weighted by atomic mass is 9.79. The summed E-state index contributed by atoms with van der Waals surface area (Å²) in [6, 6.07) is 0. The number of carbonyl (C=O) groups is 1. The standard InChI is InChI=1S/C20H30O2/c1-13(2)17-12-18-16(9-10-20(18,5)22)15(4)8-6-7-14(3)11-19(17)21/h7,12-13,16,18,22H,4,6,8-11H2,1-3,5H3/b14-7+,17-12-/t16-,18-,20+/m0/s1. The van der Waals surface area contributed by atoms with Crippen LogP contribution >= 0.6 is 0 Å². The zero-order valence-electron chi connectivity index (χ0n) is 14.5. The third-order valence-corrected chi connectivity index (χ3v) is 5.34. The van der Waals surface area contributed by atoms with Crippen LogP contribution in [0.5, 0.6) is 0 Å². The fourth-order valence-corrected chi connectivity index (χ4v) is 3.90. The van der Waals surface area contributed by atoms with Crippen LogP contribution < -0.4 is 0 Å². The molecule has 22 heavy (non-hydrogen) atoms. The van der Waals surface area contributed by atoms with Gasteiger partial charge in [0.2, 0.25) is 0 Å². The van der Waals surface area contributed by atoms with Crippen LogP contribution in [0, 0.1) is 17.8 Å². The lowest BCUT2D eigenvalue weighted by Crippen LogP contribution is -2.32. The van der Waals surface area contributed by atoms with Crippen molar-refractivity contribution in [2.24, 2.45) is 17.8 Å². The number of aliphatic hydroxyl groups is 1. The van der Waals surface area contributed by atoms with Gasteiger partial charge in [-0.05, 0) is 56.9 Å². The molecule has 2 aliphatic carbocycles. The second-order valence-electron chi connectivity index (χ2n) is 7.65. The van der Waals surface area contributed by atoms with Gasteiger partial charge in [-0.1, -0.05) is 43.7 Å². The number of hydrogen-bond acceptors (Lipinski definition) is 2. The van der Waals surface area contributed by atoms with Gasteiger partial charge < -0.3 is 5.11 Å². The molecule has 2 rings (SSSR count). The first-order valence-corrected chi connectivity index (χ1v) is 8.53. The SMILES string of the molecule is C=C1CC/C=C(\C)CC(=O)/C(C(C)C)=C\[C@H]2[C@H]1CC[C@@]2(C)O. The Kier molecular flexibility index (Phi) is 5.11. The molecule has 0 unspecified atom stereocenters. The highest BCUT2D eigenvalue weighted by Crippen LogP contribution is 2.46. The first-order chi connectivity index (χ1) is 10.2. The summed E-state index contributed by atoms with van der Waals surface area (Å²) in [5.74, 6) is 0.701. The van der Waals surface area contributed by atoms with Crippen molar-refractivity contribution in [1.29, 1.82) is 0 Å². The van der Waals surface area contributed by atoms with Crippen molar-refractivity contribution >= 4 is 5.78 Å². The third-order valence-electron chi connectivity index (χ3n) is 5.34. The number of carbonyl (C=O) groups excluding carboxylic acids is 1. The summed E-state index contributed by atoms with van der Waals surface area (Å²) in [5.41, 5.74) is 2.51. The van der Waals surface area contributed by atoms with Gasteiger partial charge in [0.1, 0.15) is 0 Å². The fraction of sp³-hybridized carbons (Fsp3) is 0.650. The molecule has 0 bridgehead atoms. The monoisotopic (exact) mass is 302 g/mol. The second-order valence-corrected chi connectivity index (χ2v) is 7.65. The molecule has 2 nitrogen and oxygen atoms in total. The lowest BCUT2D eigenvalue weighted by molar-refractivity contribution is -0.115. The van der Waals surface area contributed by atoms with Crippen molar-refractivity contribution in [1.82, 2.24) is 0 Å². The summed E-state index contributed by atoms with van der Waals surface area (Å²) in [6.07, 6.45) is 8.40. The van der Waals surface area contributed by atoms with E-state index in [0.717, 1.165) is 36.8 Å². The quantitative estimate of drug-likeness (QED) is 0.719. The molecular formula is C20H30O2. The Bertz CT molecular complexity index is 520. The summed E-state index contributed by atoms with van der Waals surface area (Å²) >= 11 is 0. The summed E-state index contributed by atoms with van der Waals surface area (Å²) in [5, 5.41) is 10.8. The number of rotatable bonds is 1. The van der Waals surface area contributed by atoms with Gasteiger partial charge in [0.15, 0.2) is 5.78 Å². The Morgan fingerprint density at radius 1 is 1.41 bits per heavy atom. The van der Waals surface area contributed by atoms with Crippen molar-refractivity contribution in [3.8, 4) is 0 Å². The maximum Gasteiger partial charge on any atom is 0.162 e. The third kappa shape index (κ3) is 3.60. The van der Waals surface area contributed by atoms with E-state index in [1.807, 2.05) is 13.8 Å². The summed E-state index contributed by atoms with van der Waals surface area (Å²) in [6.45, 7) is 12.4. The molecule has 0 amide bonds. The number of ketones is 1. The first kappa shape index (κ1) is 17.2. The predicted molar refractivity (Wildman–Crippen MR) is 91.5 cm³/mol. The normalized spacial score (nSPS) is 38.8. The van der Waals surface area contributed by atoms with Gasteiger partial charge in [-0.2, -0.15) is 0 Å². The van der Waals surface area contributed by atoms with Crippen LogP contribution in [0.3, 0.4) is 0 Å². The zero-order chi connectivity index (χ0) is 16.5. The van der Waals surface area contributed by atoms with Gasteiger partial charge in [0.25, 0.3) is 0 Å². The van der Waals surface area contributed by atoms with E-state index in [-0.39, 0.29) is 17.6 Å². The largest absolute Gasteiger partial charge is 0.390 e. The van der Waals surface area contributed by atoms with Crippen molar-refractivity contribution in [2.45, 2.75) is 65.4 Å². The second kappa shape index (κ2) is 6.54. The maximum atomic E-state index is 12.7. The molecule has 1 fully saturated rings. The molecule has 0 aromatic heterocycles. The minimum Gasteiger partial charge on any atom is -0.390 e. The fourth-order valence-electron chi connectivity index (χ4n) is 3.90. The Labute approximate surface area is 135 Å². The molecule has 0 heterocycles. The van der Waals surface area contributed by atoms with Crippen LogP contribution in [0.4, 0.5) is 0 Å². The van der Waals surface area contributed by atoms with Gasteiger partial charge in [0, 0.05) is 12.3 Å². The lowest BCUT2D eigenvalue weighted by Gasteiger charge is -2.29. The number of allylic oxidation sites excluding steroid dienone is 4. The molecule has 0 aromatic rings. The van der Waals surface area contributed by atoms with Crippen LogP contribution in [-0.4, -0.2) is 16.5 Å². The van der Waals surface area contributed by atoms with Crippen LogP contribution in [0.1, 0.15) is 59.8 Å². The minimum atomic E-state index is -0.732. The topological polar surface area (TPSA) is 37.3 Å². The maximum absolute atomic E-state index is 12.7. The van der Waals surface area contributed by atoms with Crippen LogP contribution in [-0.2, 0) is 4.79 Å². The molecule has 122 valence electrons. The molecule has 0 aliphatic heterocycles. The first-order valence-electron chi connectivity index (χ1n) is 8.53. The minimum absolute atomic E-state index is 0.0137. The van der Waals surface area contributed by atoms with Crippen molar-refractivity contribution in [3.05, 3.63) is 35.5 Å². The van der Waals surface area contributed by atoms with Crippen molar-refractivity contribution in [3.63, 3.8) is 0 Å². The molecule has 3 atom stereocenters. The molecule has 1 N–H and O–H groups in total. The molecular weight excluding hydrogens is 272 g/mol. The molecule has 0 saturated heterocycles. The number of fused-ring (bicyclic) bond motifs is 1. The molecule has 0 radical (unpaired) electrons. The van der Waals surface area contributed by atoms with Crippen LogP contribution in [0.2, 0.25) is 0 Å². The summed E-state index contributed by atoms with van der Waals surface area (Å²) in [7, 11) is 0. The van der Waals surface area contributed by atoms with Crippen LogP contribution in [0.25, 0.3) is 0 Å². The summed E-state index contributed by atoms with van der Waals surface area (Å²) < 4.78 is 0. The van der Waals surface area contributed by atoms with E-state index < -0.39 is 5.60 Å². The van der Waals surface area contributed by atoms with E-state index in [1.165, 1.54) is 5.57 Å². The Balaban J connectivity index is 2.46. The Morgan fingerprint density at radius 2 is 2.09 bits per heavy atom. The van der Waals surface area contributed by atoms with E-state index in [1.54, 1.807) is 0 Å². The molecule has 0 spiro atoms. The average Bonchev–Trinajstić information content (AvgIpc) is 2.68. The molecule has 2 aliphatic rings. The van der Waals surface area contributed by atoms with Crippen molar-refractivity contribution < 1.29 is 9.90 Å². The molecule has 1 saturated carbocycles. The van der Waals surface area contributed by atoms with Gasteiger partial charge in [0.05, 0.1) is 5.60 Å². The average molecular weight is 302 g/mol. The van der Waals surface area contributed by atoms with Gasteiger partial charge in [-0.15, -0.1) is 0 Å². The van der Waals surface area contributed by atoms with E-state index in [2.05, 4.69) is 32.6 Å². The van der Waals surface area contributed by atoms with E-state index in [4.69, 9.17) is 0 Å².